The summed E-state index contributed by atoms with van der Waals surface area (Å²) in [4.78, 5) is 12.7. The van der Waals surface area contributed by atoms with E-state index in [4.69, 9.17) is 23.2 Å². The van der Waals surface area contributed by atoms with Crippen molar-refractivity contribution in [1.29, 1.82) is 0 Å². The number of nitrogens with zero attached hydrogens (tertiary/aromatic N) is 4. The number of hydrogen-bond acceptors (Lipinski definition) is 7. The molecule has 1 aromatic heterocycles. The van der Waals surface area contributed by atoms with Crippen molar-refractivity contribution in [3.8, 4) is 17.1 Å². The summed E-state index contributed by atoms with van der Waals surface area (Å²) in [6.45, 7) is 0. The van der Waals surface area contributed by atoms with Crippen LogP contribution in [0, 0.1) is 5.82 Å². The Morgan fingerprint density at radius 3 is 2.22 bits per heavy atom. The summed E-state index contributed by atoms with van der Waals surface area (Å²) >= 11 is 12.4. The molecule has 0 aliphatic heterocycles. The first kappa shape index (κ1) is 25.1. The minimum absolute atomic E-state index is 0.0266. The number of aromatic nitrogens is 3. The van der Waals surface area contributed by atoms with Crippen molar-refractivity contribution in [3.05, 3.63) is 88.2 Å². The Hall–Kier alpha value is -3.96. The van der Waals surface area contributed by atoms with Gasteiger partial charge < -0.3 is 10.1 Å². The number of hydrogen-bond donors (Lipinski definition) is 2. The molecule has 7 nitrogen and oxygen atoms in total. The van der Waals surface area contributed by atoms with Crippen molar-refractivity contribution < 1.29 is 22.3 Å². The second-order valence-electron chi connectivity index (χ2n) is 6.99. The molecule has 0 saturated carbocycles. The van der Waals surface area contributed by atoms with Gasteiger partial charge in [0.1, 0.15) is 11.6 Å². The van der Waals surface area contributed by atoms with Crippen LogP contribution in [0.3, 0.4) is 0 Å². The summed E-state index contributed by atoms with van der Waals surface area (Å²) in [7, 11) is 0. The molecule has 0 radical (unpaired) electrons. The van der Waals surface area contributed by atoms with Crippen LogP contribution in [0.2, 0.25) is 10.0 Å². The Bertz CT molecular complexity index is 1380. The van der Waals surface area contributed by atoms with Gasteiger partial charge in [-0.05, 0) is 54.1 Å². The molecule has 0 atom stereocenters. The van der Waals surface area contributed by atoms with Crippen molar-refractivity contribution in [2.75, 3.05) is 10.7 Å². The van der Waals surface area contributed by atoms with Crippen LogP contribution in [-0.2, 0) is 0 Å². The quantitative estimate of drug-likeness (QED) is 0.149. The Balaban J connectivity index is 1.61. The van der Waals surface area contributed by atoms with Crippen LogP contribution < -0.4 is 15.5 Å². The fourth-order valence-electron chi connectivity index (χ4n) is 2.91. The number of anilines is 3. The van der Waals surface area contributed by atoms with E-state index >= 15 is 0 Å². The lowest BCUT2D eigenvalue weighted by molar-refractivity contribution is -0.274. The molecule has 4 aromatic rings. The van der Waals surface area contributed by atoms with E-state index < -0.39 is 12.2 Å². The summed E-state index contributed by atoms with van der Waals surface area (Å²) in [5.41, 5.74) is 3.50. The van der Waals surface area contributed by atoms with E-state index in [1.165, 1.54) is 36.5 Å². The lowest BCUT2D eigenvalue weighted by atomic mass is 10.2. The maximum Gasteiger partial charge on any atom is 0.573 e. The average Bonchev–Trinajstić information content (AvgIpc) is 2.81. The maximum absolute atomic E-state index is 14.5. The molecule has 2 N–H and O–H groups in total. The number of benzene rings is 3. The molecule has 4 rings (SSSR count). The molecule has 3 aromatic carbocycles. The van der Waals surface area contributed by atoms with Gasteiger partial charge in [0.05, 0.1) is 27.5 Å². The van der Waals surface area contributed by atoms with Crippen LogP contribution in [0.4, 0.5) is 35.1 Å². The van der Waals surface area contributed by atoms with E-state index in [-0.39, 0.29) is 34.1 Å². The molecule has 0 aliphatic carbocycles. The number of alkyl halides is 3. The topological polar surface area (TPSA) is 84.3 Å². The standard InChI is InChI=1S/C23H14Cl2F4N6O/c24-15-4-1-2-7-18(15)31-21-32-20(19-16(25)5-3-6-17(19)26)33-22(34-21)35-30-12-13-8-10-14(11-9-13)36-23(27,28)29/h1-12H,(H2,31,32,33,34,35)/b30-12-. The Morgan fingerprint density at radius 1 is 0.833 bits per heavy atom. The molecule has 13 heteroatoms. The molecular weight excluding hydrogens is 523 g/mol. The molecule has 0 saturated heterocycles. The number of hydrazone groups is 1. The van der Waals surface area contributed by atoms with Crippen LogP contribution >= 0.6 is 23.2 Å². The van der Waals surface area contributed by atoms with Crippen LogP contribution in [0.15, 0.2) is 71.8 Å². The van der Waals surface area contributed by atoms with Gasteiger partial charge in [0, 0.05) is 0 Å². The third kappa shape index (κ3) is 6.58. The molecule has 184 valence electrons. The maximum atomic E-state index is 14.5. The zero-order chi connectivity index (χ0) is 25.7. The highest BCUT2D eigenvalue weighted by Gasteiger charge is 2.30. The summed E-state index contributed by atoms with van der Waals surface area (Å²) < 4.78 is 55.3. The van der Waals surface area contributed by atoms with Gasteiger partial charge in [-0.3, -0.25) is 0 Å². The average molecular weight is 537 g/mol. The van der Waals surface area contributed by atoms with E-state index in [9.17, 15) is 17.6 Å². The van der Waals surface area contributed by atoms with E-state index in [2.05, 4.69) is 35.5 Å². The monoisotopic (exact) mass is 536 g/mol. The smallest absolute Gasteiger partial charge is 0.406 e. The lowest BCUT2D eigenvalue weighted by Gasteiger charge is -2.11. The second kappa shape index (κ2) is 10.8. The number of ether oxygens (including phenoxy) is 1. The predicted octanol–water partition coefficient (Wildman–Crippen LogP) is 7.07. The van der Waals surface area contributed by atoms with Gasteiger partial charge in [0.2, 0.25) is 11.9 Å². The van der Waals surface area contributed by atoms with Crippen LogP contribution in [0.1, 0.15) is 5.56 Å². The fourth-order valence-corrected chi connectivity index (χ4v) is 3.34. The first-order chi connectivity index (χ1) is 17.2. The Labute approximate surface area is 211 Å². The Kier molecular flexibility index (Phi) is 7.51. The SMILES string of the molecule is Fc1cccc(Cl)c1-c1nc(N/N=C\c2ccc(OC(F)(F)F)cc2)nc(Nc2ccccc2Cl)n1. The molecule has 0 unspecified atom stereocenters. The van der Waals surface area contributed by atoms with E-state index in [0.29, 0.717) is 16.3 Å². The van der Waals surface area contributed by atoms with Gasteiger partial charge in [0.25, 0.3) is 0 Å². The molecule has 0 spiro atoms. The van der Waals surface area contributed by atoms with Crippen LogP contribution in [-0.4, -0.2) is 27.5 Å². The van der Waals surface area contributed by atoms with Crippen molar-refractivity contribution in [2.24, 2.45) is 5.10 Å². The van der Waals surface area contributed by atoms with Gasteiger partial charge in [-0.2, -0.15) is 20.1 Å². The molecule has 0 fully saturated rings. The summed E-state index contributed by atoms with van der Waals surface area (Å²) in [6.07, 6.45) is -3.47. The predicted molar refractivity (Wildman–Crippen MR) is 129 cm³/mol. The van der Waals surface area contributed by atoms with Crippen molar-refractivity contribution in [1.82, 2.24) is 15.0 Å². The van der Waals surface area contributed by atoms with E-state index in [1.807, 2.05) is 0 Å². The molecule has 0 aliphatic rings. The molecule has 1 heterocycles. The largest absolute Gasteiger partial charge is 0.573 e. The highest BCUT2D eigenvalue weighted by Crippen LogP contribution is 2.30. The zero-order valence-electron chi connectivity index (χ0n) is 17.9. The van der Waals surface area contributed by atoms with Gasteiger partial charge in [-0.1, -0.05) is 41.4 Å². The third-order valence-electron chi connectivity index (χ3n) is 4.43. The van der Waals surface area contributed by atoms with E-state index in [1.54, 1.807) is 24.3 Å². The number of para-hydroxylation sites is 1. The molecular formula is C23H14Cl2F4N6O. The van der Waals surface area contributed by atoms with Crippen LogP contribution in [0.25, 0.3) is 11.4 Å². The minimum atomic E-state index is -4.79. The zero-order valence-corrected chi connectivity index (χ0v) is 19.4. The lowest BCUT2D eigenvalue weighted by Crippen LogP contribution is -2.17. The minimum Gasteiger partial charge on any atom is -0.406 e. The van der Waals surface area contributed by atoms with Crippen molar-refractivity contribution in [2.45, 2.75) is 6.36 Å². The van der Waals surface area contributed by atoms with Gasteiger partial charge in [0.15, 0.2) is 5.82 Å². The summed E-state index contributed by atoms with van der Waals surface area (Å²) in [6, 6.07) is 16.0. The first-order valence-corrected chi connectivity index (χ1v) is 10.8. The number of nitrogens with one attached hydrogen (secondary N) is 2. The fraction of sp³-hybridized carbons (Fsp3) is 0.0435. The first-order valence-electron chi connectivity index (χ1n) is 10.0. The molecule has 0 amide bonds. The van der Waals surface area contributed by atoms with Gasteiger partial charge >= 0.3 is 6.36 Å². The Morgan fingerprint density at radius 2 is 1.53 bits per heavy atom. The molecule has 0 bridgehead atoms. The summed E-state index contributed by atoms with van der Waals surface area (Å²) in [5, 5.41) is 7.41. The van der Waals surface area contributed by atoms with Gasteiger partial charge in [-0.25, -0.2) is 9.82 Å². The van der Waals surface area contributed by atoms with Crippen molar-refractivity contribution >= 4 is 47.0 Å². The second-order valence-corrected chi connectivity index (χ2v) is 7.81. The normalized spacial score (nSPS) is 11.5. The number of halogens is 6. The highest BCUT2D eigenvalue weighted by molar-refractivity contribution is 6.33. The van der Waals surface area contributed by atoms with Crippen molar-refractivity contribution in [3.63, 3.8) is 0 Å². The van der Waals surface area contributed by atoms with Crippen LogP contribution in [0.5, 0.6) is 5.75 Å². The van der Waals surface area contributed by atoms with Gasteiger partial charge in [-0.15, -0.1) is 13.2 Å². The molecule has 36 heavy (non-hydrogen) atoms. The third-order valence-corrected chi connectivity index (χ3v) is 5.08. The summed E-state index contributed by atoms with van der Waals surface area (Å²) in [5.74, 6) is -1.13. The van der Waals surface area contributed by atoms with E-state index in [0.717, 1.165) is 12.1 Å². The number of rotatable bonds is 7. The highest BCUT2D eigenvalue weighted by atomic mass is 35.5.